The second kappa shape index (κ2) is 5.31. The van der Waals surface area contributed by atoms with Gasteiger partial charge in [-0.3, -0.25) is 4.98 Å². The molecule has 0 bridgehead atoms. The van der Waals surface area contributed by atoms with Crippen LogP contribution in [0.4, 0.5) is 0 Å². The Labute approximate surface area is 105 Å². The maximum absolute atomic E-state index is 6.04. The van der Waals surface area contributed by atoms with Crippen molar-refractivity contribution in [1.29, 1.82) is 0 Å². The van der Waals surface area contributed by atoms with E-state index in [-0.39, 0.29) is 0 Å². The lowest BCUT2D eigenvalue weighted by atomic mass is 9.89. The van der Waals surface area contributed by atoms with E-state index in [2.05, 4.69) is 41.7 Å². The number of halogens is 2. The van der Waals surface area contributed by atoms with Gasteiger partial charge < -0.3 is 0 Å². The summed E-state index contributed by atoms with van der Waals surface area (Å²) in [6.07, 6.45) is 5.58. The van der Waals surface area contributed by atoms with Gasteiger partial charge in [0.2, 0.25) is 0 Å². The molecule has 0 amide bonds. The highest BCUT2D eigenvalue weighted by Gasteiger charge is 2.21. The van der Waals surface area contributed by atoms with E-state index in [9.17, 15) is 0 Å². The van der Waals surface area contributed by atoms with Crippen molar-refractivity contribution in [3.8, 4) is 0 Å². The smallest absolute Gasteiger partial charge is 0.0621 e. The predicted octanol–water partition coefficient (Wildman–Crippen LogP) is 4.48. The van der Waals surface area contributed by atoms with Gasteiger partial charge in [-0.2, -0.15) is 0 Å². The van der Waals surface area contributed by atoms with E-state index in [0.29, 0.717) is 10.2 Å². The maximum atomic E-state index is 6.04. The van der Waals surface area contributed by atoms with E-state index in [1.165, 1.54) is 5.56 Å². The first-order valence-electron chi connectivity index (χ1n) is 5.13. The van der Waals surface area contributed by atoms with Gasteiger partial charge in [0.25, 0.3) is 0 Å². The molecule has 1 rings (SSSR count). The number of rotatable bonds is 3. The minimum Gasteiger partial charge on any atom is -0.263 e. The standard InChI is InChI=1S/C12H17BrClN/c1-12(2,3)11(13)5-4-9-6-7-15-8-10(9)14/h6-8,11H,4-5H2,1-3H3. The highest BCUT2D eigenvalue weighted by Crippen LogP contribution is 2.30. The molecule has 15 heavy (non-hydrogen) atoms. The van der Waals surface area contributed by atoms with Gasteiger partial charge in [0.15, 0.2) is 0 Å². The van der Waals surface area contributed by atoms with Gasteiger partial charge in [-0.15, -0.1) is 0 Å². The van der Waals surface area contributed by atoms with E-state index in [0.717, 1.165) is 17.9 Å². The van der Waals surface area contributed by atoms with E-state index >= 15 is 0 Å². The van der Waals surface area contributed by atoms with Crippen molar-refractivity contribution in [3.05, 3.63) is 29.0 Å². The number of aryl methyl sites for hydroxylation is 1. The average molecular weight is 291 g/mol. The minimum atomic E-state index is 0.291. The quantitative estimate of drug-likeness (QED) is 0.748. The zero-order valence-electron chi connectivity index (χ0n) is 9.43. The normalized spacial score (nSPS) is 13.9. The third-order valence-corrected chi connectivity index (χ3v) is 4.63. The molecule has 0 saturated carbocycles. The minimum absolute atomic E-state index is 0.291. The topological polar surface area (TPSA) is 12.9 Å². The Morgan fingerprint density at radius 3 is 2.67 bits per heavy atom. The van der Waals surface area contributed by atoms with Crippen LogP contribution in [0.25, 0.3) is 0 Å². The van der Waals surface area contributed by atoms with E-state index < -0.39 is 0 Å². The molecular weight excluding hydrogens is 273 g/mol. The van der Waals surface area contributed by atoms with Crippen LogP contribution in [0, 0.1) is 5.41 Å². The molecule has 0 aliphatic rings. The van der Waals surface area contributed by atoms with Crippen molar-refractivity contribution >= 4 is 27.5 Å². The van der Waals surface area contributed by atoms with Crippen LogP contribution in [0.3, 0.4) is 0 Å². The predicted molar refractivity (Wildman–Crippen MR) is 69.7 cm³/mol. The highest BCUT2D eigenvalue weighted by molar-refractivity contribution is 9.09. The third-order valence-electron chi connectivity index (χ3n) is 2.46. The Bertz CT molecular complexity index is 320. The zero-order valence-corrected chi connectivity index (χ0v) is 11.8. The summed E-state index contributed by atoms with van der Waals surface area (Å²) in [5.41, 5.74) is 1.47. The van der Waals surface area contributed by atoms with Crippen molar-refractivity contribution < 1.29 is 0 Å². The van der Waals surface area contributed by atoms with Crippen molar-refractivity contribution in [2.45, 2.75) is 38.4 Å². The van der Waals surface area contributed by atoms with Gasteiger partial charge in [0.05, 0.1) is 5.02 Å². The number of hydrogen-bond acceptors (Lipinski definition) is 1. The average Bonchev–Trinajstić information content (AvgIpc) is 2.14. The summed E-state index contributed by atoms with van der Waals surface area (Å²) in [5, 5.41) is 0.770. The molecule has 1 atom stereocenters. The first kappa shape index (κ1) is 13.0. The van der Waals surface area contributed by atoms with E-state index in [4.69, 9.17) is 11.6 Å². The van der Waals surface area contributed by atoms with Gasteiger partial charge in [0.1, 0.15) is 0 Å². The maximum Gasteiger partial charge on any atom is 0.0621 e. The summed E-state index contributed by atoms with van der Waals surface area (Å²) in [6, 6.07) is 1.99. The summed E-state index contributed by atoms with van der Waals surface area (Å²) >= 11 is 9.77. The SMILES string of the molecule is CC(C)(C)C(Br)CCc1ccncc1Cl. The van der Waals surface area contributed by atoms with E-state index in [1.807, 2.05) is 6.07 Å². The molecule has 1 unspecified atom stereocenters. The molecule has 0 aliphatic heterocycles. The molecule has 1 nitrogen and oxygen atoms in total. The summed E-state index contributed by atoms with van der Waals surface area (Å²) in [6.45, 7) is 6.71. The number of hydrogen-bond donors (Lipinski definition) is 0. The Hall–Kier alpha value is -0.0800. The summed E-state index contributed by atoms with van der Waals surface area (Å²) in [7, 11) is 0. The van der Waals surface area contributed by atoms with Crippen molar-refractivity contribution in [1.82, 2.24) is 4.98 Å². The fourth-order valence-corrected chi connectivity index (χ4v) is 1.76. The highest BCUT2D eigenvalue weighted by atomic mass is 79.9. The van der Waals surface area contributed by atoms with Crippen molar-refractivity contribution in [2.75, 3.05) is 0 Å². The van der Waals surface area contributed by atoms with Crippen LogP contribution in [0.15, 0.2) is 18.5 Å². The third kappa shape index (κ3) is 4.12. The van der Waals surface area contributed by atoms with Crippen molar-refractivity contribution in [2.24, 2.45) is 5.41 Å². The van der Waals surface area contributed by atoms with Gasteiger partial charge >= 0.3 is 0 Å². The lowest BCUT2D eigenvalue weighted by molar-refractivity contribution is 0.386. The summed E-state index contributed by atoms with van der Waals surface area (Å²) in [4.78, 5) is 4.49. The molecule has 84 valence electrons. The summed E-state index contributed by atoms with van der Waals surface area (Å²) in [5.74, 6) is 0. The van der Waals surface area contributed by atoms with Gasteiger partial charge in [0, 0.05) is 17.2 Å². The molecular formula is C12H17BrClN. The van der Waals surface area contributed by atoms with Crippen LogP contribution >= 0.6 is 27.5 Å². The van der Waals surface area contributed by atoms with Gasteiger partial charge in [-0.1, -0.05) is 48.3 Å². The van der Waals surface area contributed by atoms with Crippen LogP contribution in [0.5, 0.6) is 0 Å². The molecule has 0 radical (unpaired) electrons. The molecule has 0 fully saturated rings. The Morgan fingerprint density at radius 1 is 1.47 bits per heavy atom. The molecule has 0 aliphatic carbocycles. The molecule has 0 saturated heterocycles. The molecule has 0 spiro atoms. The summed E-state index contributed by atoms with van der Waals surface area (Å²) < 4.78 is 0. The number of aromatic nitrogens is 1. The number of nitrogens with zero attached hydrogens (tertiary/aromatic N) is 1. The lowest BCUT2D eigenvalue weighted by Gasteiger charge is -2.25. The zero-order chi connectivity index (χ0) is 11.5. The number of alkyl halides is 1. The second-order valence-electron chi connectivity index (χ2n) is 4.84. The first-order chi connectivity index (χ1) is 6.91. The lowest BCUT2D eigenvalue weighted by Crippen LogP contribution is -2.20. The Balaban J connectivity index is 2.55. The Kier molecular flexibility index (Phi) is 4.60. The van der Waals surface area contributed by atoms with Crippen LogP contribution in [-0.4, -0.2) is 9.81 Å². The van der Waals surface area contributed by atoms with Crippen LogP contribution in [0.1, 0.15) is 32.8 Å². The second-order valence-corrected chi connectivity index (χ2v) is 6.35. The molecule has 1 aromatic heterocycles. The molecule has 0 aromatic carbocycles. The molecule has 1 aromatic rings. The van der Waals surface area contributed by atoms with Crippen molar-refractivity contribution in [3.63, 3.8) is 0 Å². The largest absolute Gasteiger partial charge is 0.263 e. The monoisotopic (exact) mass is 289 g/mol. The van der Waals surface area contributed by atoms with Gasteiger partial charge in [-0.25, -0.2) is 0 Å². The van der Waals surface area contributed by atoms with Crippen LogP contribution in [-0.2, 0) is 6.42 Å². The van der Waals surface area contributed by atoms with Crippen LogP contribution < -0.4 is 0 Å². The fraction of sp³-hybridized carbons (Fsp3) is 0.583. The first-order valence-corrected chi connectivity index (χ1v) is 6.43. The molecule has 3 heteroatoms. The van der Waals surface area contributed by atoms with Gasteiger partial charge in [-0.05, 0) is 29.9 Å². The molecule has 1 heterocycles. The Morgan fingerprint density at radius 2 is 2.13 bits per heavy atom. The fourth-order valence-electron chi connectivity index (χ4n) is 1.32. The van der Waals surface area contributed by atoms with E-state index in [1.54, 1.807) is 12.4 Å². The van der Waals surface area contributed by atoms with Crippen LogP contribution in [0.2, 0.25) is 5.02 Å². The molecule has 0 N–H and O–H groups in total. The number of pyridine rings is 1.